The van der Waals surface area contributed by atoms with Crippen LogP contribution in [-0.4, -0.2) is 19.1 Å². The molecule has 228 valence electrons. The molecule has 0 spiro atoms. The quantitative estimate of drug-likeness (QED) is 0.196. The van der Waals surface area contributed by atoms with Gasteiger partial charge in [0.15, 0.2) is 5.58 Å². The van der Waals surface area contributed by atoms with Crippen LogP contribution in [0.15, 0.2) is 162 Å². The van der Waals surface area contributed by atoms with Crippen molar-refractivity contribution in [2.45, 2.75) is 0 Å². The van der Waals surface area contributed by atoms with Crippen LogP contribution in [0.5, 0.6) is 0 Å². The zero-order chi connectivity index (χ0) is 32.1. The van der Waals surface area contributed by atoms with Gasteiger partial charge in [-0.25, -0.2) is 9.97 Å². The van der Waals surface area contributed by atoms with E-state index in [0.29, 0.717) is 11.5 Å². The summed E-state index contributed by atoms with van der Waals surface area (Å²) in [5, 5.41) is 8.01. The molecule has 0 aliphatic carbocycles. The summed E-state index contributed by atoms with van der Waals surface area (Å²) in [4.78, 5) is 10.7. The molecule has 0 atom stereocenters. The molecule has 0 fully saturated rings. The van der Waals surface area contributed by atoms with E-state index in [4.69, 9.17) is 14.4 Å². The lowest BCUT2D eigenvalue weighted by Gasteiger charge is -2.10. The number of hydrogen-bond acceptors (Lipinski definition) is 3. The first kappa shape index (κ1) is 26.4. The molecule has 4 aromatic heterocycles. The van der Waals surface area contributed by atoms with Gasteiger partial charge in [-0.2, -0.15) is 0 Å². The first-order valence-electron chi connectivity index (χ1n) is 16.5. The first-order valence-corrected chi connectivity index (χ1v) is 16.5. The summed E-state index contributed by atoms with van der Waals surface area (Å²) in [6, 6.07) is 55.3. The molecular weight excluding hydrogens is 601 g/mol. The highest BCUT2D eigenvalue weighted by molar-refractivity contribution is 6.26. The van der Waals surface area contributed by atoms with Crippen LogP contribution in [0.25, 0.3) is 99.3 Å². The molecule has 11 aromatic rings. The zero-order valence-electron chi connectivity index (χ0n) is 26.2. The van der Waals surface area contributed by atoms with Crippen LogP contribution in [0.4, 0.5) is 0 Å². The van der Waals surface area contributed by atoms with E-state index in [0.717, 1.165) is 60.6 Å². The van der Waals surface area contributed by atoms with Crippen molar-refractivity contribution in [3.05, 3.63) is 158 Å². The van der Waals surface area contributed by atoms with Crippen molar-refractivity contribution in [1.82, 2.24) is 19.1 Å². The molecule has 0 aliphatic rings. The van der Waals surface area contributed by atoms with Gasteiger partial charge in [0.25, 0.3) is 0 Å². The van der Waals surface area contributed by atoms with Gasteiger partial charge in [-0.1, -0.05) is 121 Å². The predicted octanol–water partition coefficient (Wildman–Crippen LogP) is 11.4. The van der Waals surface area contributed by atoms with Crippen LogP contribution in [-0.2, 0) is 0 Å². The van der Waals surface area contributed by atoms with E-state index < -0.39 is 0 Å². The Kier molecular flexibility index (Phi) is 5.32. The van der Waals surface area contributed by atoms with Crippen molar-refractivity contribution < 1.29 is 4.42 Å². The Bertz CT molecular complexity index is 3100. The number of aromatic nitrogens is 4. The van der Waals surface area contributed by atoms with Gasteiger partial charge in [0.2, 0.25) is 5.95 Å². The van der Waals surface area contributed by atoms with Gasteiger partial charge in [0.05, 0.1) is 27.5 Å². The van der Waals surface area contributed by atoms with Crippen LogP contribution in [0.2, 0.25) is 0 Å². The monoisotopic (exact) mass is 626 g/mol. The van der Waals surface area contributed by atoms with E-state index in [-0.39, 0.29) is 0 Å². The average molecular weight is 627 g/mol. The van der Waals surface area contributed by atoms with Crippen molar-refractivity contribution in [1.29, 1.82) is 0 Å². The van der Waals surface area contributed by atoms with Crippen molar-refractivity contribution in [2.24, 2.45) is 0 Å². The van der Waals surface area contributed by atoms with E-state index in [1.807, 2.05) is 24.3 Å². The van der Waals surface area contributed by atoms with Crippen LogP contribution in [0, 0.1) is 0 Å². The normalized spacial score (nSPS) is 12.1. The maximum Gasteiger partial charge on any atom is 0.236 e. The third-order valence-electron chi connectivity index (χ3n) is 9.92. The molecule has 0 unspecified atom stereocenters. The van der Waals surface area contributed by atoms with Crippen LogP contribution in [0.1, 0.15) is 0 Å². The fourth-order valence-corrected chi connectivity index (χ4v) is 7.86. The second kappa shape index (κ2) is 9.89. The number of furan rings is 1. The number of fused-ring (bicyclic) bond motifs is 12. The summed E-state index contributed by atoms with van der Waals surface area (Å²) in [5.41, 5.74) is 9.61. The number of rotatable bonds is 3. The Morgan fingerprint density at radius 2 is 1.12 bits per heavy atom. The summed E-state index contributed by atoms with van der Waals surface area (Å²) in [6.45, 7) is 0. The van der Waals surface area contributed by atoms with Gasteiger partial charge < -0.3 is 8.98 Å². The van der Waals surface area contributed by atoms with Crippen molar-refractivity contribution in [3.63, 3.8) is 0 Å². The summed E-state index contributed by atoms with van der Waals surface area (Å²) in [7, 11) is 0. The van der Waals surface area contributed by atoms with E-state index in [9.17, 15) is 0 Å². The van der Waals surface area contributed by atoms with E-state index in [1.165, 1.54) is 27.2 Å². The van der Waals surface area contributed by atoms with Crippen LogP contribution < -0.4 is 0 Å². The predicted molar refractivity (Wildman–Crippen MR) is 201 cm³/mol. The highest BCUT2D eigenvalue weighted by atomic mass is 16.3. The Balaban J connectivity index is 1.33. The molecule has 0 aliphatic heterocycles. The molecule has 5 heteroatoms. The Labute approximate surface area is 279 Å². The molecule has 0 saturated heterocycles. The highest BCUT2D eigenvalue weighted by Gasteiger charge is 2.24. The number of nitrogens with zero attached hydrogens (tertiary/aromatic N) is 4. The van der Waals surface area contributed by atoms with Crippen molar-refractivity contribution in [2.75, 3.05) is 0 Å². The average Bonchev–Trinajstić information content (AvgIpc) is 3.83. The maximum absolute atomic E-state index is 6.61. The van der Waals surface area contributed by atoms with E-state index >= 15 is 0 Å². The van der Waals surface area contributed by atoms with Gasteiger partial charge >= 0.3 is 0 Å². The molecule has 11 rings (SSSR count). The lowest BCUT2D eigenvalue weighted by molar-refractivity contribution is 0.667. The smallest absolute Gasteiger partial charge is 0.236 e. The Morgan fingerprint density at radius 3 is 1.94 bits per heavy atom. The molecule has 0 radical (unpaired) electrons. The molecule has 0 bridgehead atoms. The van der Waals surface area contributed by atoms with Crippen LogP contribution in [0.3, 0.4) is 0 Å². The topological polar surface area (TPSA) is 48.8 Å². The standard InChI is InChI=1S/C44H26N4O/c1-3-14-28(15-4-1)40-43-41(39-30-18-8-7-13-27(30)23-26-37(39)49-43)46-44(45-40)48-35-22-12-10-20-33(35)38-36(48)25-24-32-31-19-9-11-21-34(31)47(42(32)38)29-16-5-2-6-17-29/h1-26H. The SMILES string of the molecule is c1ccc(-c2nc(-n3c4ccccc4c4c3ccc3c5ccccc5n(-c5ccccc5)c34)nc3c2oc2ccc4ccccc4c23)cc1. The maximum atomic E-state index is 6.61. The fraction of sp³-hybridized carbons (Fsp3) is 0. The largest absolute Gasteiger partial charge is 0.452 e. The number of para-hydroxylation sites is 3. The van der Waals surface area contributed by atoms with Gasteiger partial charge in [-0.15, -0.1) is 0 Å². The Hall–Kier alpha value is -6.72. The third-order valence-corrected chi connectivity index (χ3v) is 9.92. The van der Waals surface area contributed by atoms with Gasteiger partial charge in [0.1, 0.15) is 16.8 Å². The molecule has 49 heavy (non-hydrogen) atoms. The molecule has 4 heterocycles. The minimum absolute atomic E-state index is 0.606. The lowest BCUT2D eigenvalue weighted by atomic mass is 10.1. The van der Waals surface area contributed by atoms with Crippen molar-refractivity contribution in [3.8, 4) is 22.9 Å². The molecule has 5 nitrogen and oxygen atoms in total. The van der Waals surface area contributed by atoms with Gasteiger partial charge in [-0.3, -0.25) is 4.57 Å². The zero-order valence-corrected chi connectivity index (χ0v) is 26.2. The molecule has 0 saturated carbocycles. The van der Waals surface area contributed by atoms with E-state index in [1.54, 1.807) is 0 Å². The molecule has 0 amide bonds. The minimum Gasteiger partial charge on any atom is -0.452 e. The molecule has 0 N–H and O–H groups in total. The van der Waals surface area contributed by atoms with Crippen molar-refractivity contribution >= 4 is 76.5 Å². The minimum atomic E-state index is 0.606. The second-order valence-corrected chi connectivity index (χ2v) is 12.6. The second-order valence-electron chi connectivity index (χ2n) is 12.6. The summed E-state index contributed by atoms with van der Waals surface area (Å²) < 4.78 is 11.2. The highest BCUT2D eigenvalue weighted by Crippen LogP contribution is 2.43. The fourth-order valence-electron chi connectivity index (χ4n) is 7.86. The lowest BCUT2D eigenvalue weighted by Crippen LogP contribution is -2.03. The third kappa shape index (κ3) is 3.64. The summed E-state index contributed by atoms with van der Waals surface area (Å²) in [6.07, 6.45) is 0. The summed E-state index contributed by atoms with van der Waals surface area (Å²) >= 11 is 0. The van der Waals surface area contributed by atoms with Crippen LogP contribution >= 0.6 is 0 Å². The van der Waals surface area contributed by atoms with Gasteiger partial charge in [0, 0.05) is 32.8 Å². The van der Waals surface area contributed by atoms with E-state index in [2.05, 4.69) is 143 Å². The molecule has 7 aromatic carbocycles. The Morgan fingerprint density at radius 1 is 0.449 bits per heavy atom. The molecular formula is C44H26N4O. The number of hydrogen-bond donors (Lipinski definition) is 0. The van der Waals surface area contributed by atoms with Gasteiger partial charge in [-0.05, 0) is 47.2 Å². The number of benzene rings is 7. The first-order chi connectivity index (χ1) is 24.3. The summed E-state index contributed by atoms with van der Waals surface area (Å²) in [5.74, 6) is 0.606.